The predicted octanol–water partition coefficient (Wildman–Crippen LogP) is 0.585. The predicted molar refractivity (Wildman–Crippen MR) is 63.8 cm³/mol. The Balaban J connectivity index is 2.44. The van der Waals surface area contributed by atoms with Crippen LogP contribution in [-0.2, 0) is 11.3 Å². The van der Waals surface area contributed by atoms with Gasteiger partial charge in [-0.15, -0.1) is 11.3 Å². The summed E-state index contributed by atoms with van der Waals surface area (Å²) in [6.45, 7) is 2.17. The first-order chi connectivity index (χ1) is 8.04. The van der Waals surface area contributed by atoms with Gasteiger partial charge in [0, 0.05) is 5.38 Å². The van der Waals surface area contributed by atoms with Crippen molar-refractivity contribution in [3.63, 3.8) is 0 Å². The molecule has 0 aliphatic carbocycles. The number of nitrogens with zero attached hydrogens (tertiary/aromatic N) is 1. The highest BCUT2D eigenvalue weighted by Crippen LogP contribution is 2.09. The highest BCUT2D eigenvalue weighted by atomic mass is 32.1. The monoisotopic (exact) mass is 257 g/mol. The second-order valence-corrected chi connectivity index (χ2v) is 4.49. The Labute approximate surface area is 103 Å². The minimum absolute atomic E-state index is 0.00268. The van der Waals surface area contributed by atoms with Crippen molar-refractivity contribution in [3.8, 4) is 0 Å². The zero-order valence-corrected chi connectivity index (χ0v) is 10.3. The standard InChI is InChI=1S/C10H15N3O3S/c1-2-3-6(11)9(14)12-4-8-13-7(5-17-8)10(15)16/h5-6H,2-4,11H2,1H3,(H,12,14)(H,15,16). The van der Waals surface area contributed by atoms with Crippen molar-refractivity contribution in [2.75, 3.05) is 0 Å². The Morgan fingerprint density at radius 2 is 2.35 bits per heavy atom. The Morgan fingerprint density at radius 1 is 1.65 bits per heavy atom. The van der Waals surface area contributed by atoms with E-state index in [1.807, 2.05) is 6.92 Å². The fourth-order valence-corrected chi connectivity index (χ4v) is 1.93. The zero-order chi connectivity index (χ0) is 12.8. The van der Waals surface area contributed by atoms with Crippen LogP contribution in [0.25, 0.3) is 0 Å². The van der Waals surface area contributed by atoms with E-state index in [1.54, 1.807) is 0 Å². The summed E-state index contributed by atoms with van der Waals surface area (Å²) in [7, 11) is 0. The summed E-state index contributed by atoms with van der Waals surface area (Å²) in [4.78, 5) is 25.9. The normalized spacial score (nSPS) is 12.1. The third-order valence-corrected chi connectivity index (χ3v) is 2.97. The lowest BCUT2D eigenvalue weighted by Gasteiger charge is -2.09. The maximum Gasteiger partial charge on any atom is 0.355 e. The van der Waals surface area contributed by atoms with E-state index in [4.69, 9.17) is 10.8 Å². The second kappa shape index (κ2) is 6.31. The average molecular weight is 257 g/mol. The third-order valence-electron chi connectivity index (χ3n) is 2.12. The molecule has 1 aromatic heterocycles. The van der Waals surface area contributed by atoms with Crippen LogP contribution in [0.15, 0.2) is 5.38 Å². The van der Waals surface area contributed by atoms with E-state index in [9.17, 15) is 9.59 Å². The van der Waals surface area contributed by atoms with E-state index in [1.165, 1.54) is 16.7 Å². The van der Waals surface area contributed by atoms with E-state index in [0.717, 1.165) is 6.42 Å². The van der Waals surface area contributed by atoms with Crippen molar-refractivity contribution in [2.45, 2.75) is 32.4 Å². The molecule has 7 heteroatoms. The second-order valence-electron chi connectivity index (χ2n) is 3.54. The van der Waals surface area contributed by atoms with E-state index >= 15 is 0 Å². The van der Waals surface area contributed by atoms with Gasteiger partial charge in [-0.3, -0.25) is 4.79 Å². The maximum absolute atomic E-state index is 11.5. The van der Waals surface area contributed by atoms with E-state index in [2.05, 4.69) is 10.3 Å². The average Bonchev–Trinajstić information content (AvgIpc) is 2.75. The van der Waals surface area contributed by atoms with Gasteiger partial charge in [0.2, 0.25) is 5.91 Å². The van der Waals surface area contributed by atoms with Gasteiger partial charge in [0.25, 0.3) is 0 Å². The lowest BCUT2D eigenvalue weighted by molar-refractivity contribution is -0.122. The van der Waals surface area contributed by atoms with Crippen LogP contribution in [0, 0.1) is 0 Å². The number of carbonyl (C=O) groups excluding carboxylic acids is 1. The van der Waals surface area contributed by atoms with Crippen LogP contribution in [0.3, 0.4) is 0 Å². The van der Waals surface area contributed by atoms with Gasteiger partial charge in [-0.05, 0) is 6.42 Å². The molecule has 0 saturated carbocycles. The molecular weight excluding hydrogens is 242 g/mol. The van der Waals surface area contributed by atoms with E-state index in [-0.39, 0.29) is 18.1 Å². The molecule has 1 atom stereocenters. The van der Waals surface area contributed by atoms with Crippen molar-refractivity contribution >= 4 is 23.2 Å². The fourth-order valence-electron chi connectivity index (χ4n) is 1.23. The quantitative estimate of drug-likeness (QED) is 0.691. The van der Waals surface area contributed by atoms with Crippen LogP contribution in [0.4, 0.5) is 0 Å². The summed E-state index contributed by atoms with van der Waals surface area (Å²) in [5, 5.41) is 13.3. The van der Waals surface area contributed by atoms with Crippen LogP contribution in [0.2, 0.25) is 0 Å². The Kier molecular flexibility index (Phi) is 5.05. The van der Waals surface area contributed by atoms with Crippen LogP contribution < -0.4 is 11.1 Å². The number of aromatic carboxylic acids is 1. The molecule has 17 heavy (non-hydrogen) atoms. The van der Waals surface area contributed by atoms with Gasteiger partial charge >= 0.3 is 5.97 Å². The topological polar surface area (TPSA) is 105 Å². The van der Waals surface area contributed by atoms with Gasteiger partial charge in [-0.2, -0.15) is 0 Å². The molecule has 0 aromatic carbocycles. The first-order valence-corrected chi connectivity index (χ1v) is 6.13. The molecule has 4 N–H and O–H groups in total. The summed E-state index contributed by atoms with van der Waals surface area (Å²) in [6.07, 6.45) is 1.47. The molecular formula is C10H15N3O3S. The number of carboxylic acid groups (broad SMARTS) is 1. The molecule has 1 aromatic rings. The zero-order valence-electron chi connectivity index (χ0n) is 9.47. The minimum atomic E-state index is -1.07. The van der Waals surface area contributed by atoms with Crippen molar-refractivity contribution in [1.82, 2.24) is 10.3 Å². The number of hydrogen-bond acceptors (Lipinski definition) is 5. The number of aromatic nitrogens is 1. The smallest absolute Gasteiger partial charge is 0.355 e. The lowest BCUT2D eigenvalue weighted by atomic mass is 10.2. The van der Waals surface area contributed by atoms with Gasteiger partial charge in [-0.1, -0.05) is 13.3 Å². The van der Waals surface area contributed by atoms with Crippen LogP contribution in [-0.4, -0.2) is 28.0 Å². The summed E-state index contributed by atoms with van der Waals surface area (Å²) < 4.78 is 0. The van der Waals surface area contributed by atoms with E-state index in [0.29, 0.717) is 11.4 Å². The molecule has 1 amide bonds. The van der Waals surface area contributed by atoms with Crippen molar-refractivity contribution < 1.29 is 14.7 Å². The molecule has 1 rings (SSSR count). The first-order valence-electron chi connectivity index (χ1n) is 5.25. The van der Waals surface area contributed by atoms with Crippen LogP contribution in [0.1, 0.15) is 35.3 Å². The first kappa shape index (κ1) is 13.6. The number of carbonyl (C=O) groups is 2. The number of carboxylic acids is 1. The van der Waals surface area contributed by atoms with Gasteiger partial charge < -0.3 is 16.2 Å². The molecule has 0 aliphatic rings. The van der Waals surface area contributed by atoms with Crippen molar-refractivity contribution in [2.24, 2.45) is 5.73 Å². The molecule has 1 heterocycles. The maximum atomic E-state index is 11.5. The lowest BCUT2D eigenvalue weighted by Crippen LogP contribution is -2.40. The largest absolute Gasteiger partial charge is 0.476 e. The Morgan fingerprint density at radius 3 is 2.88 bits per heavy atom. The van der Waals surface area contributed by atoms with Crippen molar-refractivity contribution in [1.29, 1.82) is 0 Å². The number of hydrogen-bond donors (Lipinski definition) is 3. The summed E-state index contributed by atoms with van der Waals surface area (Å²) in [5.41, 5.74) is 5.62. The van der Waals surface area contributed by atoms with Gasteiger partial charge in [0.15, 0.2) is 5.69 Å². The Hall–Kier alpha value is -1.47. The molecule has 0 fully saturated rings. The van der Waals surface area contributed by atoms with Crippen LogP contribution >= 0.6 is 11.3 Å². The highest BCUT2D eigenvalue weighted by molar-refractivity contribution is 7.09. The third kappa shape index (κ3) is 4.12. The summed E-state index contributed by atoms with van der Waals surface area (Å²) in [6, 6.07) is -0.515. The number of rotatable bonds is 6. The minimum Gasteiger partial charge on any atom is -0.476 e. The number of amides is 1. The molecule has 6 nitrogen and oxygen atoms in total. The Bertz CT molecular complexity index is 405. The number of thiazole rings is 1. The van der Waals surface area contributed by atoms with Crippen molar-refractivity contribution in [3.05, 3.63) is 16.1 Å². The summed E-state index contributed by atoms with van der Waals surface area (Å²) in [5.74, 6) is -1.31. The molecule has 0 radical (unpaired) electrons. The SMILES string of the molecule is CCCC(N)C(=O)NCc1nc(C(=O)O)cs1. The molecule has 0 spiro atoms. The van der Waals surface area contributed by atoms with Gasteiger partial charge in [-0.25, -0.2) is 9.78 Å². The van der Waals surface area contributed by atoms with Gasteiger partial charge in [0.1, 0.15) is 5.01 Å². The molecule has 0 saturated heterocycles. The number of nitrogens with two attached hydrogens (primary N) is 1. The fraction of sp³-hybridized carbons (Fsp3) is 0.500. The summed E-state index contributed by atoms with van der Waals surface area (Å²) >= 11 is 1.20. The highest BCUT2D eigenvalue weighted by Gasteiger charge is 2.13. The molecule has 1 unspecified atom stereocenters. The molecule has 94 valence electrons. The van der Waals surface area contributed by atoms with Gasteiger partial charge in [0.05, 0.1) is 12.6 Å². The van der Waals surface area contributed by atoms with Crippen LogP contribution in [0.5, 0.6) is 0 Å². The molecule has 0 bridgehead atoms. The molecule has 0 aliphatic heterocycles. The number of nitrogens with one attached hydrogen (secondary N) is 1. The van der Waals surface area contributed by atoms with E-state index < -0.39 is 12.0 Å².